The Bertz CT molecular complexity index is 402. The number of hydrogen-bond acceptors (Lipinski definition) is 2. The van der Waals surface area contributed by atoms with Crippen molar-refractivity contribution < 1.29 is 9.90 Å². The fourth-order valence-corrected chi connectivity index (χ4v) is 1.08. The smallest absolute Gasteiger partial charge is 0.336 e. The number of nitriles is 1. The molecule has 0 aliphatic rings. The van der Waals surface area contributed by atoms with Gasteiger partial charge in [-0.3, -0.25) is 0 Å². The summed E-state index contributed by atoms with van der Waals surface area (Å²) in [7, 11) is 0. The Hall–Kier alpha value is -2.08. The molecule has 0 heterocycles. The van der Waals surface area contributed by atoms with Gasteiger partial charge in [-0.25, -0.2) is 4.79 Å². The number of aromatic carboxylic acids is 1. The zero-order valence-electron chi connectivity index (χ0n) is 7.47. The van der Waals surface area contributed by atoms with Gasteiger partial charge in [-0.1, -0.05) is 30.4 Å². The molecule has 0 aromatic heterocycles. The van der Waals surface area contributed by atoms with Crippen molar-refractivity contribution >= 4 is 12.0 Å². The van der Waals surface area contributed by atoms with Gasteiger partial charge in [0.15, 0.2) is 0 Å². The summed E-state index contributed by atoms with van der Waals surface area (Å²) in [5, 5.41) is 17.1. The number of benzene rings is 1. The van der Waals surface area contributed by atoms with Crippen LogP contribution in [-0.2, 0) is 0 Å². The molecule has 1 aromatic carbocycles. The predicted octanol–water partition coefficient (Wildman–Crippen LogP) is 2.31. The van der Waals surface area contributed by atoms with Gasteiger partial charge >= 0.3 is 5.97 Å². The van der Waals surface area contributed by atoms with E-state index in [0.29, 0.717) is 5.56 Å². The zero-order chi connectivity index (χ0) is 10.4. The summed E-state index contributed by atoms with van der Waals surface area (Å²) in [4.78, 5) is 10.8. The summed E-state index contributed by atoms with van der Waals surface area (Å²) in [6, 6.07) is 8.63. The van der Waals surface area contributed by atoms with E-state index in [-0.39, 0.29) is 12.0 Å². The summed E-state index contributed by atoms with van der Waals surface area (Å²) in [5.74, 6) is -0.956. The average Bonchev–Trinajstić information content (AvgIpc) is 2.19. The quantitative estimate of drug-likeness (QED) is 0.789. The molecule has 0 saturated carbocycles. The van der Waals surface area contributed by atoms with E-state index in [4.69, 9.17) is 10.4 Å². The molecule has 70 valence electrons. The standard InChI is InChI=1S/C11H9NO2/c12-8-4-3-6-9-5-1-2-7-10(9)11(13)14/h1-3,5-7H,4H2,(H,13,14). The molecule has 0 bridgehead atoms. The average molecular weight is 187 g/mol. The highest BCUT2D eigenvalue weighted by Gasteiger charge is 2.05. The maximum Gasteiger partial charge on any atom is 0.336 e. The minimum Gasteiger partial charge on any atom is -0.478 e. The summed E-state index contributed by atoms with van der Waals surface area (Å²) in [5.41, 5.74) is 0.872. The van der Waals surface area contributed by atoms with Crippen molar-refractivity contribution in [2.45, 2.75) is 6.42 Å². The normalized spacial score (nSPS) is 9.93. The molecule has 1 rings (SSSR count). The molecule has 0 aliphatic heterocycles. The van der Waals surface area contributed by atoms with Crippen molar-refractivity contribution in [2.24, 2.45) is 0 Å². The first-order valence-corrected chi connectivity index (χ1v) is 4.11. The van der Waals surface area contributed by atoms with Gasteiger partial charge in [0.05, 0.1) is 18.1 Å². The number of allylic oxidation sites excluding steroid dienone is 1. The molecule has 14 heavy (non-hydrogen) atoms. The summed E-state index contributed by atoms with van der Waals surface area (Å²) in [6.45, 7) is 0. The van der Waals surface area contributed by atoms with E-state index >= 15 is 0 Å². The number of carboxylic acid groups (broad SMARTS) is 1. The Kier molecular flexibility index (Phi) is 3.45. The molecular formula is C11H9NO2. The van der Waals surface area contributed by atoms with Crippen molar-refractivity contribution in [2.75, 3.05) is 0 Å². The molecule has 0 spiro atoms. The van der Waals surface area contributed by atoms with Gasteiger partial charge in [-0.05, 0) is 11.6 Å². The topological polar surface area (TPSA) is 61.1 Å². The van der Waals surface area contributed by atoms with E-state index in [1.165, 1.54) is 6.07 Å². The molecule has 0 unspecified atom stereocenters. The molecule has 0 amide bonds. The van der Waals surface area contributed by atoms with E-state index in [1.54, 1.807) is 30.4 Å². The van der Waals surface area contributed by atoms with E-state index < -0.39 is 5.97 Å². The van der Waals surface area contributed by atoms with Crippen LogP contribution in [0.5, 0.6) is 0 Å². The molecular weight excluding hydrogens is 178 g/mol. The van der Waals surface area contributed by atoms with Crippen LogP contribution in [0.2, 0.25) is 0 Å². The van der Waals surface area contributed by atoms with E-state index in [2.05, 4.69) is 0 Å². The summed E-state index contributed by atoms with van der Waals surface area (Å²) in [6.07, 6.45) is 3.57. The molecule has 1 N–H and O–H groups in total. The van der Waals surface area contributed by atoms with Gasteiger partial charge in [0.1, 0.15) is 0 Å². The summed E-state index contributed by atoms with van der Waals surface area (Å²) < 4.78 is 0. The third-order valence-corrected chi connectivity index (χ3v) is 1.70. The molecule has 0 aliphatic carbocycles. The van der Waals surface area contributed by atoms with Gasteiger partial charge in [-0.2, -0.15) is 5.26 Å². The molecule has 1 aromatic rings. The Labute approximate surface area is 81.9 Å². The number of carbonyl (C=O) groups is 1. The van der Waals surface area contributed by atoms with Gasteiger partial charge < -0.3 is 5.11 Å². The van der Waals surface area contributed by atoms with Crippen molar-refractivity contribution in [1.29, 1.82) is 5.26 Å². The maximum absolute atomic E-state index is 10.8. The van der Waals surface area contributed by atoms with Crippen LogP contribution in [0.3, 0.4) is 0 Å². The van der Waals surface area contributed by atoms with Crippen molar-refractivity contribution in [3.05, 3.63) is 41.5 Å². The maximum atomic E-state index is 10.8. The Morgan fingerprint density at radius 3 is 2.86 bits per heavy atom. The SMILES string of the molecule is N#CCC=Cc1ccccc1C(=O)O. The fraction of sp³-hybridized carbons (Fsp3) is 0.0909. The highest BCUT2D eigenvalue weighted by atomic mass is 16.4. The van der Waals surface area contributed by atoms with Gasteiger partial charge in [0.2, 0.25) is 0 Å². The molecule has 0 fully saturated rings. The Morgan fingerprint density at radius 1 is 1.50 bits per heavy atom. The zero-order valence-corrected chi connectivity index (χ0v) is 7.47. The molecule has 0 atom stereocenters. The van der Waals surface area contributed by atoms with Crippen LogP contribution in [-0.4, -0.2) is 11.1 Å². The van der Waals surface area contributed by atoms with E-state index in [1.807, 2.05) is 6.07 Å². The van der Waals surface area contributed by atoms with Crippen molar-refractivity contribution in [3.8, 4) is 6.07 Å². The molecule has 0 saturated heterocycles. The van der Waals surface area contributed by atoms with Gasteiger partial charge in [0.25, 0.3) is 0 Å². The van der Waals surface area contributed by atoms with Crippen LogP contribution in [0.1, 0.15) is 22.3 Å². The lowest BCUT2D eigenvalue weighted by Gasteiger charge is -1.98. The Morgan fingerprint density at radius 2 is 2.21 bits per heavy atom. The monoisotopic (exact) mass is 187 g/mol. The fourth-order valence-electron chi connectivity index (χ4n) is 1.08. The second kappa shape index (κ2) is 4.83. The third kappa shape index (κ3) is 2.46. The lowest BCUT2D eigenvalue weighted by Crippen LogP contribution is -1.98. The first kappa shape index (κ1) is 10.0. The summed E-state index contributed by atoms with van der Waals surface area (Å²) >= 11 is 0. The third-order valence-electron chi connectivity index (χ3n) is 1.70. The minimum atomic E-state index is -0.956. The highest BCUT2D eigenvalue weighted by molar-refractivity contribution is 5.92. The van der Waals surface area contributed by atoms with E-state index in [0.717, 1.165) is 0 Å². The lowest BCUT2D eigenvalue weighted by atomic mass is 10.1. The number of carboxylic acids is 1. The number of rotatable bonds is 3. The first-order valence-electron chi connectivity index (χ1n) is 4.11. The van der Waals surface area contributed by atoms with Crippen LogP contribution in [0.15, 0.2) is 30.3 Å². The van der Waals surface area contributed by atoms with Crippen LogP contribution < -0.4 is 0 Å². The largest absolute Gasteiger partial charge is 0.478 e. The number of nitrogens with zero attached hydrogens (tertiary/aromatic N) is 1. The number of hydrogen-bond donors (Lipinski definition) is 1. The van der Waals surface area contributed by atoms with E-state index in [9.17, 15) is 4.79 Å². The lowest BCUT2D eigenvalue weighted by molar-refractivity contribution is 0.0696. The van der Waals surface area contributed by atoms with Crippen molar-refractivity contribution in [1.82, 2.24) is 0 Å². The van der Waals surface area contributed by atoms with Crippen LogP contribution in [0.25, 0.3) is 6.08 Å². The van der Waals surface area contributed by atoms with Gasteiger partial charge in [0, 0.05) is 0 Å². The molecule has 3 nitrogen and oxygen atoms in total. The van der Waals surface area contributed by atoms with Crippen LogP contribution >= 0.6 is 0 Å². The van der Waals surface area contributed by atoms with Crippen molar-refractivity contribution in [3.63, 3.8) is 0 Å². The second-order valence-corrected chi connectivity index (χ2v) is 2.66. The highest BCUT2D eigenvalue weighted by Crippen LogP contribution is 2.10. The van der Waals surface area contributed by atoms with Gasteiger partial charge in [-0.15, -0.1) is 0 Å². The van der Waals surface area contributed by atoms with Crippen LogP contribution in [0, 0.1) is 11.3 Å². The molecule has 3 heteroatoms. The molecule has 0 radical (unpaired) electrons. The first-order chi connectivity index (χ1) is 6.75. The van der Waals surface area contributed by atoms with Crippen LogP contribution in [0.4, 0.5) is 0 Å². The minimum absolute atomic E-state index is 0.252. The predicted molar refractivity (Wildman–Crippen MR) is 52.7 cm³/mol. The second-order valence-electron chi connectivity index (χ2n) is 2.66. The Balaban J connectivity index is 2.97.